The van der Waals surface area contributed by atoms with E-state index in [9.17, 15) is 4.79 Å². The van der Waals surface area contributed by atoms with Crippen LogP contribution in [-0.4, -0.2) is 12.9 Å². The number of ketones is 1. The summed E-state index contributed by atoms with van der Waals surface area (Å²) in [5.41, 5.74) is 1.50. The number of halogens is 1. The van der Waals surface area contributed by atoms with Crippen LogP contribution in [0.4, 0.5) is 0 Å². The molecule has 1 heterocycles. The number of benzene rings is 1. The highest BCUT2D eigenvalue weighted by Crippen LogP contribution is 2.24. The Bertz CT molecular complexity index is 558. The molecule has 0 saturated carbocycles. The van der Waals surface area contributed by atoms with Crippen molar-refractivity contribution in [3.63, 3.8) is 0 Å². The number of hydrogen-bond donors (Lipinski definition) is 0. The van der Waals surface area contributed by atoms with Crippen molar-refractivity contribution in [3.05, 3.63) is 51.9 Å². The van der Waals surface area contributed by atoms with Crippen LogP contribution in [0.25, 0.3) is 0 Å². The minimum atomic E-state index is -0.146. The molecule has 0 fully saturated rings. The summed E-state index contributed by atoms with van der Waals surface area (Å²) < 4.78 is 11.0. The molecule has 0 aliphatic heterocycles. The zero-order chi connectivity index (χ0) is 12.4. The summed E-state index contributed by atoms with van der Waals surface area (Å²) in [5.74, 6) is 0.933. The lowest BCUT2D eigenvalue weighted by Gasteiger charge is -2.05. The zero-order valence-corrected chi connectivity index (χ0v) is 11.1. The third-order valence-electron chi connectivity index (χ3n) is 2.48. The maximum absolute atomic E-state index is 12.1. The van der Waals surface area contributed by atoms with Crippen LogP contribution in [0.1, 0.15) is 21.7 Å². The maximum Gasteiger partial charge on any atom is 0.229 e. The van der Waals surface area contributed by atoms with Gasteiger partial charge in [-0.05, 0) is 52.7 Å². The molecule has 0 unspecified atom stereocenters. The van der Waals surface area contributed by atoms with Crippen LogP contribution in [-0.2, 0) is 0 Å². The number of carbonyl (C=O) groups is 1. The molecule has 0 spiro atoms. The van der Waals surface area contributed by atoms with E-state index in [2.05, 4.69) is 15.9 Å². The number of ether oxygens (including phenoxy) is 1. The van der Waals surface area contributed by atoms with Gasteiger partial charge in [0.25, 0.3) is 0 Å². The van der Waals surface area contributed by atoms with Gasteiger partial charge in [-0.2, -0.15) is 0 Å². The van der Waals surface area contributed by atoms with Crippen LogP contribution >= 0.6 is 15.9 Å². The lowest BCUT2D eigenvalue weighted by molar-refractivity contribution is 0.101. The molecule has 17 heavy (non-hydrogen) atoms. The molecule has 0 bridgehead atoms. The van der Waals surface area contributed by atoms with Gasteiger partial charge in [-0.1, -0.05) is 0 Å². The third kappa shape index (κ3) is 2.26. The monoisotopic (exact) mass is 294 g/mol. The average molecular weight is 295 g/mol. The van der Waals surface area contributed by atoms with Crippen molar-refractivity contribution in [1.82, 2.24) is 0 Å². The molecule has 0 radical (unpaired) electrons. The summed E-state index contributed by atoms with van der Waals surface area (Å²) >= 11 is 3.27. The van der Waals surface area contributed by atoms with Crippen molar-refractivity contribution in [2.75, 3.05) is 7.11 Å². The van der Waals surface area contributed by atoms with Gasteiger partial charge in [0, 0.05) is 5.56 Å². The lowest BCUT2D eigenvalue weighted by atomic mass is 10.1. The molecule has 0 atom stereocenters. The van der Waals surface area contributed by atoms with E-state index >= 15 is 0 Å². The normalized spacial score (nSPS) is 10.3. The van der Waals surface area contributed by atoms with Gasteiger partial charge in [0.15, 0.2) is 5.76 Å². The molecule has 88 valence electrons. The van der Waals surface area contributed by atoms with Crippen LogP contribution < -0.4 is 4.74 Å². The number of methoxy groups -OCH3 is 1. The minimum absolute atomic E-state index is 0.146. The Kier molecular flexibility index (Phi) is 3.33. The van der Waals surface area contributed by atoms with E-state index in [1.807, 2.05) is 6.92 Å². The smallest absolute Gasteiger partial charge is 0.229 e. The summed E-state index contributed by atoms with van der Waals surface area (Å²) in [4.78, 5) is 12.1. The lowest BCUT2D eigenvalue weighted by Crippen LogP contribution is -2.01. The predicted molar refractivity (Wildman–Crippen MR) is 67.6 cm³/mol. The number of aryl methyl sites for hydroxylation is 1. The third-order valence-corrected chi connectivity index (χ3v) is 3.10. The van der Waals surface area contributed by atoms with Crippen LogP contribution in [0, 0.1) is 6.92 Å². The van der Waals surface area contributed by atoms with Crippen LogP contribution in [0.3, 0.4) is 0 Å². The molecule has 1 aromatic heterocycles. The van der Waals surface area contributed by atoms with Crippen molar-refractivity contribution in [1.29, 1.82) is 0 Å². The molecule has 2 rings (SSSR count). The molecule has 1 aromatic carbocycles. The maximum atomic E-state index is 12.1. The number of furan rings is 1. The average Bonchev–Trinajstić information content (AvgIpc) is 2.74. The standard InChI is InChI=1S/C13H11BrO3/c1-8-7-9(3-4-11(8)16-2)12(15)13-10(14)5-6-17-13/h3-7H,1-2H3. The Balaban J connectivity index is 2.39. The largest absolute Gasteiger partial charge is 0.496 e. The van der Waals surface area contributed by atoms with E-state index in [4.69, 9.17) is 9.15 Å². The Morgan fingerprint density at radius 1 is 1.35 bits per heavy atom. The van der Waals surface area contributed by atoms with Gasteiger partial charge in [-0.25, -0.2) is 0 Å². The van der Waals surface area contributed by atoms with Crippen molar-refractivity contribution in [3.8, 4) is 5.75 Å². The Labute approximate surface area is 108 Å². The molecule has 0 aliphatic rings. The van der Waals surface area contributed by atoms with Crippen LogP contribution in [0.15, 0.2) is 39.4 Å². The fraction of sp³-hybridized carbons (Fsp3) is 0.154. The summed E-state index contributed by atoms with van der Waals surface area (Å²) in [6.07, 6.45) is 1.48. The first-order chi connectivity index (χ1) is 8.13. The van der Waals surface area contributed by atoms with E-state index in [-0.39, 0.29) is 5.78 Å². The van der Waals surface area contributed by atoms with E-state index in [1.54, 1.807) is 31.4 Å². The van der Waals surface area contributed by atoms with E-state index < -0.39 is 0 Å². The summed E-state index contributed by atoms with van der Waals surface area (Å²) in [5, 5.41) is 0. The summed E-state index contributed by atoms with van der Waals surface area (Å²) in [7, 11) is 1.60. The van der Waals surface area contributed by atoms with Crippen LogP contribution in [0.5, 0.6) is 5.75 Å². The second kappa shape index (κ2) is 4.75. The first-order valence-corrected chi connectivity index (χ1v) is 5.85. The molecule has 0 amide bonds. The molecular formula is C13H11BrO3. The topological polar surface area (TPSA) is 39.4 Å². The first-order valence-electron chi connectivity index (χ1n) is 5.06. The Morgan fingerprint density at radius 2 is 2.12 bits per heavy atom. The molecule has 0 saturated heterocycles. The van der Waals surface area contributed by atoms with Crippen molar-refractivity contribution in [2.45, 2.75) is 6.92 Å². The highest BCUT2D eigenvalue weighted by Gasteiger charge is 2.16. The quantitative estimate of drug-likeness (QED) is 0.812. The van der Waals surface area contributed by atoms with Crippen LogP contribution in [0.2, 0.25) is 0 Å². The highest BCUT2D eigenvalue weighted by molar-refractivity contribution is 9.10. The number of hydrogen-bond acceptors (Lipinski definition) is 3. The fourth-order valence-corrected chi connectivity index (χ4v) is 1.99. The van der Waals surface area contributed by atoms with Crippen molar-refractivity contribution in [2.24, 2.45) is 0 Å². The summed E-state index contributed by atoms with van der Waals surface area (Å²) in [6, 6.07) is 6.99. The molecule has 0 aliphatic carbocycles. The van der Waals surface area contributed by atoms with E-state index in [0.717, 1.165) is 11.3 Å². The zero-order valence-electron chi connectivity index (χ0n) is 9.49. The fourth-order valence-electron chi connectivity index (χ4n) is 1.61. The Hall–Kier alpha value is -1.55. The number of rotatable bonds is 3. The SMILES string of the molecule is COc1ccc(C(=O)c2occc2Br)cc1C. The molecule has 0 N–H and O–H groups in total. The summed E-state index contributed by atoms with van der Waals surface area (Å²) in [6.45, 7) is 1.90. The van der Waals surface area contributed by atoms with Gasteiger partial charge in [0.1, 0.15) is 5.75 Å². The van der Waals surface area contributed by atoms with E-state index in [1.165, 1.54) is 6.26 Å². The van der Waals surface area contributed by atoms with Crippen molar-refractivity contribution >= 4 is 21.7 Å². The molecular weight excluding hydrogens is 284 g/mol. The van der Waals surface area contributed by atoms with Gasteiger partial charge in [0.2, 0.25) is 5.78 Å². The van der Waals surface area contributed by atoms with Gasteiger partial charge in [-0.3, -0.25) is 4.79 Å². The number of carbonyl (C=O) groups excluding carboxylic acids is 1. The van der Waals surface area contributed by atoms with Gasteiger partial charge in [0.05, 0.1) is 17.8 Å². The highest BCUT2D eigenvalue weighted by atomic mass is 79.9. The predicted octanol–water partition coefficient (Wildman–Crippen LogP) is 3.59. The van der Waals surface area contributed by atoms with Gasteiger partial charge in [-0.15, -0.1) is 0 Å². The second-order valence-electron chi connectivity index (χ2n) is 3.61. The van der Waals surface area contributed by atoms with Gasteiger partial charge < -0.3 is 9.15 Å². The van der Waals surface area contributed by atoms with E-state index in [0.29, 0.717) is 15.8 Å². The van der Waals surface area contributed by atoms with Crippen molar-refractivity contribution < 1.29 is 13.9 Å². The first kappa shape index (κ1) is 11.9. The molecule has 4 heteroatoms. The molecule has 2 aromatic rings. The minimum Gasteiger partial charge on any atom is -0.496 e. The molecule has 3 nitrogen and oxygen atoms in total. The Morgan fingerprint density at radius 3 is 2.65 bits per heavy atom. The second-order valence-corrected chi connectivity index (χ2v) is 4.47. The van der Waals surface area contributed by atoms with Gasteiger partial charge >= 0.3 is 0 Å².